The van der Waals surface area contributed by atoms with Crippen molar-refractivity contribution in [1.29, 1.82) is 0 Å². The molecule has 0 bridgehead atoms. The number of carbonyl (C=O) groups excluding carboxylic acids is 1. The summed E-state index contributed by atoms with van der Waals surface area (Å²) in [5, 5.41) is 3.36. The molecule has 0 aromatic carbocycles. The number of guanidine groups is 1. The summed E-state index contributed by atoms with van der Waals surface area (Å²) in [7, 11) is 0. The van der Waals surface area contributed by atoms with Crippen molar-refractivity contribution in [1.82, 2.24) is 15.1 Å². The number of nitrogens with zero attached hydrogens (tertiary/aromatic N) is 3. The van der Waals surface area contributed by atoms with E-state index in [1.54, 1.807) is 12.1 Å². The first-order valence-electron chi connectivity index (χ1n) is 8.61. The molecule has 1 fully saturated rings. The Kier molecular flexibility index (Phi) is 11.0. The number of furan rings is 1. The first-order valence-corrected chi connectivity index (χ1v) is 10.0. The number of carbonyl (C=O) groups is 1. The molecule has 6 nitrogen and oxygen atoms in total. The molecule has 25 heavy (non-hydrogen) atoms. The average molecular weight is 480 g/mol. The highest BCUT2D eigenvalue weighted by Crippen LogP contribution is 2.10. The van der Waals surface area contributed by atoms with Crippen molar-refractivity contribution in [3.05, 3.63) is 24.2 Å². The minimum atomic E-state index is -0.0290. The lowest BCUT2D eigenvalue weighted by atomic mass is 10.3. The van der Waals surface area contributed by atoms with Gasteiger partial charge in [-0.25, -0.2) is 0 Å². The van der Waals surface area contributed by atoms with E-state index in [0.717, 1.165) is 38.6 Å². The third-order valence-corrected chi connectivity index (χ3v) is 4.65. The van der Waals surface area contributed by atoms with Gasteiger partial charge in [0.25, 0.3) is 5.91 Å². The van der Waals surface area contributed by atoms with Crippen molar-refractivity contribution >= 4 is 47.6 Å². The Balaban J connectivity index is 0.00000312. The van der Waals surface area contributed by atoms with Crippen LogP contribution in [0, 0.1) is 0 Å². The Hall–Kier alpha value is -0.900. The highest BCUT2D eigenvalue weighted by atomic mass is 127. The van der Waals surface area contributed by atoms with Gasteiger partial charge in [-0.1, -0.05) is 0 Å². The topological polar surface area (TPSA) is 61.1 Å². The van der Waals surface area contributed by atoms with Crippen LogP contribution in [-0.4, -0.2) is 72.9 Å². The van der Waals surface area contributed by atoms with E-state index >= 15 is 0 Å². The van der Waals surface area contributed by atoms with Gasteiger partial charge in [0, 0.05) is 39.3 Å². The zero-order valence-electron chi connectivity index (χ0n) is 15.1. The summed E-state index contributed by atoms with van der Waals surface area (Å²) in [5.41, 5.74) is 0. The van der Waals surface area contributed by atoms with E-state index < -0.39 is 0 Å². The lowest BCUT2D eigenvalue weighted by Crippen LogP contribution is -2.53. The average Bonchev–Trinajstić information content (AvgIpc) is 3.15. The number of thioether (sulfide) groups is 1. The van der Waals surface area contributed by atoms with Crippen molar-refractivity contribution < 1.29 is 9.21 Å². The van der Waals surface area contributed by atoms with Crippen molar-refractivity contribution in [2.75, 3.05) is 51.3 Å². The fourth-order valence-corrected chi connectivity index (χ4v) is 3.14. The fraction of sp³-hybridized carbons (Fsp3) is 0.647. The Bertz CT molecular complexity index is 517. The predicted molar refractivity (Wildman–Crippen MR) is 115 cm³/mol. The molecule has 1 saturated heterocycles. The minimum Gasteiger partial charge on any atom is -0.459 e. The standard InChI is InChI=1S/C17H28N4O2S.HI/c1-3-18-17(19-8-4-5-14-24-2)21-11-9-20(10-12-21)16(22)15-7-6-13-23-15;/h6-7,13H,3-5,8-12,14H2,1-2H3,(H,18,19);1H. The molecule has 0 spiro atoms. The van der Waals surface area contributed by atoms with Crippen LogP contribution in [-0.2, 0) is 0 Å². The minimum absolute atomic E-state index is 0. The molecule has 0 aliphatic carbocycles. The summed E-state index contributed by atoms with van der Waals surface area (Å²) < 4.78 is 5.20. The number of rotatable bonds is 7. The van der Waals surface area contributed by atoms with Gasteiger partial charge in [-0.15, -0.1) is 24.0 Å². The molecule has 2 heterocycles. The Labute approximate surface area is 171 Å². The Morgan fingerprint density at radius 2 is 2.00 bits per heavy atom. The van der Waals surface area contributed by atoms with Gasteiger partial charge in [-0.05, 0) is 43.9 Å². The molecule has 142 valence electrons. The van der Waals surface area contributed by atoms with Crippen LogP contribution in [0.5, 0.6) is 0 Å². The summed E-state index contributed by atoms with van der Waals surface area (Å²) in [6, 6.07) is 3.46. The second-order valence-corrected chi connectivity index (χ2v) is 6.68. The first-order chi connectivity index (χ1) is 11.8. The maximum atomic E-state index is 12.3. The second kappa shape index (κ2) is 12.5. The van der Waals surface area contributed by atoms with Gasteiger partial charge in [0.1, 0.15) is 0 Å². The zero-order chi connectivity index (χ0) is 17.2. The molecule has 1 N–H and O–H groups in total. The predicted octanol–water partition coefficient (Wildman–Crippen LogP) is 2.76. The molecular formula is C17H29IN4O2S. The number of hydrogen-bond donors (Lipinski definition) is 1. The largest absolute Gasteiger partial charge is 0.459 e. The molecule has 1 aromatic heterocycles. The molecule has 0 unspecified atom stereocenters. The number of piperazine rings is 1. The van der Waals surface area contributed by atoms with E-state index in [1.165, 1.54) is 18.4 Å². The van der Waals surface area contributed by atoms with Crippen LogP contribution < -0.4 is 5.32 Å². The first kappa shape index (κ1) is 22.1. The van der Waals surface area contributed by atoms with Crippen LogP contribution in [0.3, 0.4) is 0 Å². The Morgan fingerprint density at radius 1 is 1.28 bits per heavy atom. The number of amides is 1. The van der Waals surface area contributed by atoms with Crippen molar-refractivity contribution in [2.24, 2.45) is 4.99 Å². The van der Waals surface area contributed by atoms with Crippen molar-refractivity contribution in [3.63, 3.8) is 0 Å². The SMILES string of the molecule is CCNC(=NCCCCSC)N1CCN(C(=O)c2ccco2)CC1.I. The van der Waals surface area contributed by atoms with Crippen LogP contribution in [0.1, 0.15) is 30.3 Å². The number of halogens is 1. The van der Waals surface area contributed by atoms with E-state index in [0.29, 0.717) is 18.8 Å². The van der Waals surface area contributed by atoms with Crippen LogP contribution >= 0.6 is 35.7 Å². The third kappa shape index (κ3) is 7.08. The van der Waals surface area contributed by atoms with E-state index in [9.17, 15) is 4.79 Å². The molecule has 1 aromatic rings. The van der Waals surface area contributed by atoms with Gasteiger partial charge in [0.15, 0.2) is 11.7 Å². The van der Waals surface area contributed by atoms with Crippen LogP contribution in [0.4, 0.5) is 0 Å². The highest BCUT2D eigenvalue weighted by Gasteiger charge is 2.24. The van der Waals surface area contributed by atoms with Crippen LogP contribution in [0.15, 0.2) is 27.8 Å². The number of nitrogens with one attached hydrogen (secondary N) is 1. The molecule has 0 saturated carbocycles. The zero-order valence-corrected chi connectivity index (χ0v) is 18.2. The molecule has 1 amide bonds. The van der Waals surface area contributed by atoms with E-state index in [1.807, 2.05) is 16.7 Å². The number of aliphatic imine (C=N–C) groups is 1. The molecule has 0 atom stereocenters. The number of hydrogen-bond acceptors (Lipinski definition) is 4. The van der Waals surface area contributed by atoms with Crippen LogP contribution in [0.2, 0.25) is 0 Å². The van der Waals surface area contributed by atoms with Crippen molar-refractivity contribution in [3.8, 4) is 0 Å². The van der Waals surface area contributed by atoms with Gasteiger partial charge >= 0.3 is 0 Å². The third-order valence-electron chi connectivity index (χ3n) is 3.95. The summed E-state index contributed by atoms with van der Waals surface area (Å²) >= 11 is 1.88. The van der Waals surface area contributed by atoms with E-state index in [4.69, 9.17) is 9.41 Å². The summed E-state index contributed by atoms with van der Waals surface area (Å²) in [4.78, 5) is 21.1. The Morgan fingerprint density at radius 3 is 2.60 bits per heavy atom. The molecular weight excluding hydrogens is 451 g/mol. The smallest absolute Gasteiger partial charge is 0.289 e. The maximum absolute atomic E-state index is 12.3. The lowest BCUT2D eigenvalue weighted by Gasteiger charge is -2.36. The monoisotopic (exact) mass is 480 g/mol. The summed E-state index contributed by atoms with van der Waals surface area (Å²) in [5.74, 6) is 2.54. The van der Waals surface area contributed by atoms with Gasteiger partial charge in [0.05, 0.1) is 6.26 Å². The molecule has 1 aliphatic heterocycles. The van der Waals surface area contributed by atoms with Crippen molar-refractivity contribution in [2.45, 2.75) is 19.8 Å². The molecule has 8 heteroatoms. The molecule has 1 aliphatic rings. The van der Waals surface area contributed by atoms with E-state index in [2.05, 4.69) is 23.4 Å². The van der Waals surface area contributed by atoms with Gasteiger partial charge < -0.3 is 19.5 Å². The lowest BCUT2D eigenvalue weighted by molar-refractivity contribution is 0.0657. The van der Waals surface area contributed by atoms with Crippen LogP contribution in [0.25, 0.3) is 0 Å². The van der Waals surface area contributed by atoms with E-state index in [-0.39, 0.29) is 29.9 Å². The van der Waals surface area contributed by atoms with Gasteiger partial charge in [-0.2, -0.15) is 11.8 Å². The normalized spacial score (nSPS) is 15.0. The maximum Gasteiger partial charge on any atom is 0.289 e. The quantitative estimate of drug-likeness (QED) is 0.282. The van der Waals surface area contributed by atoms with Gasteiger partial charge in [0.2, 0.25) is 0 Å². The fourth-order valence-electron chi connectivity index (χ4n) is 2.65. The highest BCUT2D eigenvalue weighted by molar-refractivity contribution is 14.0. The molecule has 2 rings (SSSR count). The summed E-state index contributed by atoms with van der Waals surface area (Å²) in [6.45, 7) is 6.77. The summed E-state index contributed by atoms with van der Waals surface area (Å²) in [6.07, 6.45) is 6.00. The number of unbranched alkanes of at least 4 members (excludes halogenated alkanes) is 1. The van der Waals surface area contributed by atoms with Gasteiger partial charge in [-0.3, -0.25) is 9.79 Å². The second-order valence-electron chi connectivity index (χ2n) is 5.69. The molecule has 0 radical (unpaired) electrons.